The van der Waals surface area contributed by atoms with Crippen molar-refractivity contribution < 1.29 is 4.74 Å². The summed E-state index contributed by atoms with van der Waals surface area (Å²) in [6.45, 7) is 4.13. The van der Waals surface area contributed by atoms with Crippen LogP contribution in [0.3, 0.4) is 0 Å². The first-order valence-corrected chi connectivity index (χ1v) is 7.02. The summed E-state index contributed by atoms with van der Waals surface area (Å²) in [5, 5.41) is 0. The molecule has 0 spiro atoms. The second-order valence-corrected chi connectivity index (χ2v) is 4.90. The fourth-order valence-corrected chi connectivity index (χ4v) is 2.23. The molecule has 0 fully saturated rings. The maximum absolute atomic E-state index is 12.0. The Hall–Kier alpha value is -2.58. The van der Waals surface area contributed by atoms with E-state index in [2.05, 4.69) is 10.9 Å². The maximum Gasteiger partial charge on any atom is 0.330 e. The number of aromatic nitrogens is 2. The fourth-order valence-electron chi connectivity index (χ4n) is 2.23. The van der Waals surface area contributed by atoms with E-state index in [-0.39, 0.29) is 12.3 Å². The average molecular weight is 298 g/mol. The van der Waals surface area contributed by atoms with E-state index in [9.17, 15) is 9.59 Å². The van der Waals surface area contributed by atoms with Crippen molar-refractivity contribution in [3.05, 3.63) is 67.5 Å². The second-order valence-electron chi connectivity index (χ2n) is 4.90. The van der Waals surface area contributed by atoms with Crippen LogP contribution in [0.15, 0.2) is 33.9 Å². The lowest BCUT2D eigenvalue weighted by atomic mass is 10.0. The van der Waals surface area contributed by atoms with Crippen LogP contribution in [0.1, 0.15) is 29.3 Å². The molecule has 0 saturated heterocycles. The van der Waals surface area contributed by atoms with Gasteiger partial charge in [0.2, 0.25) is 0 Å². The standard InChI is InChI=1S/C17H18N2O3/c1-4-13-7-6-8-14(9-13)10-15-12(3)16(20)18-17(21)19(15)11-22-5-2/h1,6-9H,5,10-11H2,2-3H3,(H,18,20,21). The number of aromatic amines is 1. The van der Waals surface area contributed by atoms with Crippen LogP contribution in [0.5, 0.6) is 0 Å². The molecule has 1 aromatic heterocycles. The van der Waals surface area contributed by atoms with Crippen LogP contribution >= 0.6 is 0 Å². The minimum absolute atomic E-state index is 0.108. The molecule has 0 bridgehead atoms. The highest BCUT2D eigenvalue weighted by Gasteiger charge is 2.12. The molecule has 2 aromatic rings. The largest absolute Gasteiger partial charge is 0.361 e. The van der Waals surface area contributed by atoms with E-state index in [1.54, 1.807) is 6.92 Å². The van der Waals surface area contributed by atoms with Gasteiger partial charge < -0.3 is 4.74 Å². The molecule has 2 rings (SSSR count). The zero-order chi connectivity index (χ0) is 16.1. The lowest BCUT2D eigenvalue weighted by Crippen LogP contribution is -2.35. The topological polar surface area (TPSA) is 64.1 Å². The second kappa shape index (κ2) is 6.92. The highest BCUT2D eigenvalue weighted by Crippen LogP contribution is 2.12. The van der Waals surface area contributed by atoms with E-state index < -0.39 is 5.69 Å². The van der Waals surface area contributed by atoms with Crippen molar-refractivity contribution in [2.45, 2.75) is 27.0 Å². The van der Waals surface area contributed by atoms with E-state index in [1.165, 1.54) is 4.57 Å². The molecule has 0 amide bonds. The van der Waals surface area contributed by atoms with E-state index in [0.717, 1.165) is 11.1 Å². The van der Waals surface area contributed by atoms with E-state index in [4.69, 9.17) is 11.2 Å². The summed E-state index contributed by atoms with van der Waals surface area (Å²) in [6, 6.07) is 7.48. The van der Waals surface area contributed by atoms with E-state index in [0.29, 0.717) is 24.3 Å². The molecular weight excluding hydrogens is 280 g/mol. The summed E-state index contributed by atoms with van der Waals surface area (Å²) in [6.07, 6.45) is 5.84. The molecule has 0 aliphatic heterocycles. The Morgan fingerprint density at radius 2 is 2.14 bits per heavy atom. The van der Waals surface area contributed by atoms with Gasteiger partial charge in [0.25, 0.3) is 5.56 Å². The van der Waals surface area contributed by atoms with Gasteiger partial charge in [-0.15, -0.1) is 6.42 Å². The summed E-state index contributed by atoms with van der Waals surface area (Å²) in [5.41, 5.74) is 2.00. The molecule has 1 aromatic carbocycles. The van der Waals surface area contributed by atoms with Crippen LogP contribution in [0.4, 0.5) is 0 Å². The van der Waals surface area contributed by atoms with Gasteiger partial charge >= 0.3 is 5.69 Å². The van der Waals surface area contributed by atoms with Crippen molar-refractivity contribution in [2.24, 2.45) is 0 Å². The van der Waals surface area contributed by atoms with Crippen LogP contribution in [0.2, 0.25) is 0 Å². The summed E-state index contributed by atoms with van der Waals surface area (Å²) in [7, 11) is 0. The Labute approximate surface area is 128 Å². The van der Waals surface area contributed by atoms with Crippen LogP contribution in [-0.4, -0.2) is 16.2 Å². The van der Waals surface area contributed by atoms with Gasteiger partial charge in [-0.3, -0.25) is 14.3 Å². The number of nitrogens with zero attached hydrogens (tertiary/aromatic N) is 1. The minimum Gasteiger partial charge on any atom is -0.361 e. The Kier molecular flexibility index (Phi) is 4.97. The minimum atomic E-state index is -0.466. The first-order valence-electron chi connectivity index (χ1n) is 7.02. The van der Waals surface area contributed by atoms with Crippen molar-refractivity contribution in [3.8, 4) is 12.3 Å². The number of benzene rings is 1. The first kappa shape index (κ1) is 15.8. The van der Waals surface area contributed by atoms with Gasteiger partial charge in [0.15, 0.2) is 0 Å². The summed E-state index contributed by atoms with van der Waals surface area (Å²) in [4.78, 5) is 26.2. The molecule has 0 unspecified atom stereocenters. The molecule has 0 aliphatic carbocycles. The first-order chi connectivity index (χ1) is 10.6. The van der Waals surface area contributed by atoms with Gasteiger partial charge in [-0.2, -0.15) is 0 Å². The quantitative estimate of drug-likeness (QED) is 0.849. The van der Waals surface area contributed by atoms with Gasteiger partial charge in [-0.1, -0.05) is 18.1 Å². The predicted octanol–water partition coefficient (Wildman–Crippen LogP) is 1.41. The average Bonchev–Trinajstić information content (AvgIpc) is 2.52. The molecule has 0 aliphatic rings. The van der Waals surface area contributed by atoms with Crippen LogP contribution in [0.25, 0.3) is 0 Å². The summed E-state index contributed by atoms with van der Waals surface area (Å²) >= 11 is 0. The normalized spacial score (nSPS) is 10.4. The number of H-pyrrole nitrogens is 1. The molecule has 5 nitrogen and oxygen atoms in total. The number of rotatable bonds is 5. The van der Waals surface area contributed by atoms with Crippen LogP contribution in [0, 0.1) is 19.3 Å². The third kappa shape index (κ3) is 3.35. The number of terminal acetylenes is 1. The monoisotopic (exact) mass is 298 g/mol. The zero-order valence-corrected chi connectivity index (χ0v) is 12.7. The molecule has 0 radical (unpaired) electrons. The Balaban J connectivity index is 2.50. The van der Waals surface area contributed by atoms with Gasteiger partial charge in [0, 0.05) is 29.8 Å². The molecule has 1 heterocycles. The number of hydrogen-bond acceptors (Lipinski definition) is 3. The number of nitrogens with one attached hydrogen (secondary N) is 1. The molecule has 5 heteroatoms. The van der Waals surface area contributed by atoms with Crippen molar-refractivity contribution in [2.75, 3.05) is 6.61 Å². The summed E-state index contributed by atoms with van der Waals surface area (Å²) < 4.78 is 6.77. The third-order valence-corrected chi connectivity index (χ3v) is 3.45. The Morgan fingerprint density at radius 3 is 2.82 bits per heavy atom. The lowest BCUT2D eigenvalue weighted by molar-refractivity contribution is 0.0822. The highest BCUT2D eigenvalue weighted by molar-refractivity contribution is 5.37. The van der Waals surface area contributed by atoms with Gasteiger partial charge in [0.1, 0.15) is 6.73 Å². The highest BCUT2D eigenvalue weighted by atomic mass is 16.5. The number of hydrogen-bond donors (Lipinski definition) is 1. The summed E-state index contributed by atoms with van der Waals surface area (Å²) in [5.74, 6) is 2.58. The van der Waals surface area contributed by atoms with Gasteiger partial charge in [0.05, 0.1) is 0 Å². The Morgan fingerprint density at radius 1 is 1.36 bits per heavy atom. The van der Waals surface area contributed by atoms with Crippen LogP contribution < -0.4 is 11.2 Å². The van der Waals surface area contributed by atoms with Crippen molar-refractivity contribution in [3.63, 3.8) is 0 Å². The van der Waals surface area contributed by atoms with Crippen molar-refractivity contribution in [1.29, 1.82) is 0 Å². The lowest BCUT2D eigenvalue weighted by Gasteiger charge is -2.14. The smallest absolute Gasteiger partial charge is 0.330 e. The van der Waals surface area contributed by atoms with Crippen LogP contribution in [-0.2, 0) is 17.9 Å². The van der Waals surface area contributed by atoms with E-state index >= 15 is 0 Å². The fraction of sp³-hybridized carbons (Fsp3) is 0.294. The van der Waals surface area contributed by atoms with Gasteiger partial charge in [-0.25, -0.2) is 4.79 Å². The molecule has 0 saturated carbocycles. The third-order valence-electron chi connectivity index (χ3n) is 3.45. The van der Waals surface area contributed by atoms with E-state index in [1.807, 2.05) is 31.2 Å². The molecule has 0 atom stereocenters. The predicted molar refractivity (Wildman–Crippen MR) is 84.9 cm³/mol. The maximum atomic E-state index is 12.0. The SMILES string of the molecule is C#Cc1cccc(Cc2c(C)c(=O)[nH]c(=O)n2COCC)c1. The van der Waals surface area contributed by atoms with Crippen molar-refractivity contribution >= 4 is 0 Å². The molecule has 1 N–H and O–H groups in total. The molecule has 22 heavy (non-hydrogen) atoms. The molecular formula is C17H18N2O3. The Bertz CT molecular complexity index is 825. The van der Waals surface area contributed by atoms with Crippen molar-refractivity contribution in [1.82, 2.24) is 9.55 Å². The zero-order valence-electron chi connectivity index (χ0n) is 12.7. The van der Waals surface area contributed by atoms with Gasteiger partial charge in [-0.05, 0) is 31.5 Å². The molecule has 114 valence electrons. The number of ether oxygens (including phenoxy) is 1.